The summed E-state index contributed by atoms with van der Waals surface area (Å²) >= 11 is 0. The molecule has 0 aliphatic carbocycles. The molecule has 0 aliphatic rings. The van der Waals surface area contributed by atoms with Crippen LogP contribution >= 0.6 is 0 Å². The molecule has 0 aromatic carbocycles. The van der Waals surface area contributed by atoms with Crippen LogP contribution in [0.2, 0.25) is 0 Å². The van der Waals surface area contributed by atoms with Gasteiger partial charge >= 0.3 is 17.9 Å². The third-order valence-electron chi connectivity index (χ3n) is 12.5. The fourth-order valence-corrected chi connectivity index (χ4v) is 8.09. The van der Waals surface area contributed by atoms with E-state index in [9.17, 15) is 14.4 Å². The molecule has 0 aromatic heterocycles. The number of hydrogen-bond acceptors (Lipinski definition) is 6. The SMILES string of the molecule is CCCCC/C=C\C/C=C\CCCCCCCCCCCC(=O)OCC(COC(=O)CCCCCCC/C=C\CCCCCCC)OC(=O)CCCCCCC/C=C\C/C=C\CCCCCC. The molecular formula is C61H108O6. The molecule has 0 amide bonds. The van der Waals surface area contributed by atoms with Crippen LogP contribution in [-0.2, 0) is 28.6 Å². The smallest absolute Gasteiger partial charge is 0.306 e. The summed E-state index contributed by atoms with van der Waals surface area (Å²) in [4.78, 5) is 38.1. The Morgan fingerprint density at radius 2 is 0.537 bits per heavy atom. The number of esters is 3. The minimum Gasteiger partial charge on any atom is -0.462 e. The van der Waals surface area contributed by atoms with Gasteiger partial charge in [-0.2, -0.15) is 0 Å². The van der Waals surface area contributed by atoms with E-state index in [1.54, 1.807) is 0 Å². The normalized spacial score (nSPS) is 12.5. The molecule has 6 heteroatoms. The lowest BCUT2D eigenvalue weighted by Crippen LogP contribution is -2.30. The Hall–Kier alpha value is -2.89. The van der Waals surface area contributed by atoms with E-state index in [1.807, 2.05) is 0 Å². The number of allylic oxidation sites excluding steroid dienone is 10. The van der Waals surface area contributed by atoms with Gasteiger partial charge in [0.05, 0.1) is 0 Å². The Bertz CT molecular complexity index is 1210. The summed E-state index contributed by atoms with van der Waals surface area (Å²) in [5, 5.41) is 0. The maximum Gasteiger partial charge on any atom is 0.306 e. The lowest BCUT2D eigenvalue weighted by Gasteiger charge is -2.18. The molecule has 0 rings (SSSR count). The van der Waals surface area contributed by atoms with Crippen LogP contribution in [0.1, 0.15) is 290 Å². The first-order valence-electron chi connectivity index (χ1n) is 28.8. The molecule has 0 spiro atoms. The van der Waals surface area contributed by atoms with Crippen LogP contribution in [0.15, 0.2) is 60.8 Å². The monoisotopic (exact) mass is 937 g/mol. The molecule has 388 valence electrons. The lowest BCUT2D eigenvalue weighted by molar-refractivity contribution is -0.167. The number of rotatable bonds is 52. The number of carbonyl (C=O) groups excluding carboxylic acids is 3. The van der Waals surface area contributed by atoms with E-state index in [2.05, 4.69) is 81.5 Å². The summed E-state index contributed by atoms with van der Waals surface area (Å²) in [6.07, 6.45) is 69.2. The van der Waals surface area contributed by atoms with Gasteiger partial charge in [-0.3, -0.25) is 14.4 Å². The van der Waals surface area contributed by atoms with Crippen molar-refractivity contribution in [3.63, 3.8) is 0 Å². The second kappa shape index (κ2) is 55.7. The second-order valence-corrected chi connectivity index (χ2v) is 19.2. The van der Waals surface area contributed by atoms with Gasteiger partial charge in [0, 0.05) is 19.3 Å². The first-order chi connectivity index (χ1) is 33.0. The molecule has 0 heterocycles. The van der Waals surface area contributed by atoms with Gasteiger partial charge in [0.1, 0.15) is 13.2 Å². The van der Waals surface area contributed by atoms with Crippen molar-refractivity contribution in [1.29, 1.82) is 0 Å². The van der Waals surface area contributed by atoms with Crippen molar-refractivity contribution in [2.45, 2.75) is 297 Å². The highest BCUT2D eigenvalue weighted by Gasteiger charge is 2.19. The van der Waals surface area contributed by atoms with Crippen LogP contribution in [0, 0.1) is 0 Å². The molecule has 1 atom stereocenters. The number of carbonyl (C=O) groups is 3. The molecule has 0 saturated carbocycles. The molecule has 67 heavy (non-hydrogen) atoms. The molecule has 0 bridgehead atoms. The van der Waals surface area contributed by atoms with Crippen molar-refractivity contribution < 1.29 is 28.6 Å². The van der Waals surface area contributed by atoms with Crippen LogP contribution in [0.5, 0.6) is 0 Å². The maximum absolute atomic E-state index is 12.8. The van der Waals surface area contributed by atoms with Crippen molar-refractivity contribution in [3.05, 3.63) is 60.8 Å². The second-order valence-electron chi connectivity index (χ2n) is 19.2. The predicted octanol–water partition coefficient (Wildman–Crippen LogP) is 19.2. The maximum atomic E-state index is 12.8. The molecule has 0 N–H and O–H groups in total. The number of hydrogen-bond donors (Lipinski definition) is 0. The van der Waals surface area contributed by atoms with E-state index >= 15 is 0 Å². The van der Waals surface area contributed by atoms with Crippen LogP contribution < -0.4 is 0 Å². The largest absolute Gasteiger partial charge is 0.462 e. The first kappa shape index (κ1) is 64.1. The van der Waals surface area contributed by atoms with E-state index in [1.165, 1.54) is 154 Å². The third kappa shape index (κ3) is 53.9. The van der Waals surface area contributed by atoms with Crippen LogP contribution in [0.25, 0.3) is 0 Å². The van der Waals surface area contributed by atoms with E-state index in [0.29, 0.717) is 19.3 Å². The van der Waals surface area contributed by atoms with Crippen molar-refractivity contribution >= 4 is 17.9 Å². The zero-order chi connectivity index (χ0) is 48.6. The highest BCUT2D eigenvalue weighted by atomic mass is 16.6. The zero-order valence-corrected chi connectivity index (χ0v) is 44.4. The number of ether oxygens (including phenoxy) is 3. The quantitative estimate of drug-likeness (QED) is 0.0262. The van der Waals surface area contributed by atoms with Crippen molar-refractivity contribution in [3.8, 4) is 0 Å². The number of unbranched alkanes of at least 4 members (excludes halogenated alkanes) is 31. The third-order valence-corrected chi connectivity index (χ3v) is 12.5. The highest BCUT2D eigenvalue weighted by Crippen LogP contribution is 2.15. The van der Waals surface area contributed by atoms with Crippen molar-refractivity contribution in [2.24, 2.45) is 0 Å². The summed E-state index contributed by atoms with van der Waals surface area (Å²) in [6, 6.07) is 0. The average Bonchev–Trinajstić information content (AvgIpc) is 3.33. The summed E-state index contributed by atoms with van der Waals surface area (Å²) < 4.78 is 16.9. The lowest BCUT2D eigenvalue weighted by atomic mass is 10.1. The molecule has 0 radical (unpaired) electrons. The molecule has 0 aromatic rings. The van der Waals surface area contributed by atoms with Gasteiger partial charge in [0.25, 0.3) is 0 Å². The fraction of sp³-hybridized carbons (Fsp3) is 0.787. The van der Waals surface area contributed by atoms with Crippen molar-refractivity contribution in [2.75, 3.05) is 13.2 Å². The van der Waals surface area contributed by atoms with Crippen LogP contribution in [-0.4, -0.2) is 37.2 Å². The Balaban J connectivity index is 4.39. The van der Waals surface area contributed by atoms with Gasteiger partial charge in [-0.25, -0.2) is 0 Å². The summed E-state index contributed by atoms with van der Waals surface area (Å²) in [5.41, 5.74) is 0. The van der Waals surface area contributed by atoms with Crippen LogP contribution in [0.4, 0.5) is 0 Å². The molecule has 0 saturated heterocycles. The molecule has 1 unspecified atom stereocenters. The Kier molecular flexibility index (Phi) is 53.3. The van der Waals surface area contributed by atoms with Crippen LogP contribution in [0.3, 0.4) is 0 Å². The molecule has 0 aliphatic heterocycles. The summed E-state index contributed by atoms with van der Waals surface area (Å²) in [7, 11) is 0. The van der Waals surface area contributed by atoms with E-state index in [4.69, 9.17) is 14.2 Å². The first-order valence-corrected chi connectivity index (χ1v) is 28.8. The van der Waals surface area contributed by atoms with Crippen molar-refractivity contribution in [1.82, 2.24) is 0 Å². The molecule has 6 nitrogen and oxygen atoms in total. The molecular weight excluding hydrogens is 829 g/mol. The molecule has 0 fully saturated rings. The Morgan fingerprint density at radius 1 is 0.299 bits per heavy atom. The van der Waals surface area contributed by atoms with E-state index in [-0.39, 0.29) is 31.1 Å². The predicted molar refractivity (Wildman–Crippen MR) is 288 cm³/mol. The van der Waals surface area contributed by atoms with Gasteiger partial charge in [0.15, 0.2) is 6.10 Å². The summed E-state index contributed by atoms with van der Waals surface area (Å²) in [5.74, 6) is -0.900. The zero-order valence-electron chi connectivity index (χ0n) is 44.4. The minimum atomic E-state index is -0.786. The van der Waals surface area contributed by atoms with Gasteiger partial charge in [-0.05, 0) is 109 Å². The van der Waals surface area contributed by atoms with E-state index < -0.39 is 6.10 Å². The topological polar surface area (TPSA) is 78.9 Å². The Morgan fingerprint density at radius 3 is 0.881 bits per heavy atom. The van der Waals surface area contributed by atoms with E-state index in [0.717, 1.165) is 96.3 Å². The fourth-order valence-electron chi connectivity index (χ4n) is 8.09. The Labute approximate surface area is 415 Å². The average molecular weight is 938 g/mol. The standard InChI is InChI=1S/C61H108O6/c1-4-7-10-13-16-19-22-25-28-30-31-32-34-36-39-42-45-48-51-54-60(63)66-57-58(56-65-59(62)53-50-47-44-41-38-35-27-24-21-18-15-12-9-6-3)67-61(64)55-52-49-46-43-40-37-33-29-26-23-20-17-14-11-8-5-2/h16,19-20,23-25,27-29,33,58H,4-15,17-18,21-22,26,30-32,34-57H2,1-3H3/b19-16-,23-20-,27-24-,28-25-,33-29-. The minimum absolute atomic E-state index is 0.0839. The van der Waals surface area contributed by atoms with Gasteiger partial charge in [-0.1, -0.05) is 223 Å². The van der Waals surface area contributed by atoms with Gasteiger partial charge < -0.3 is 14.2 Å². The van der Waals surface area contributed by atoms with Gasteiger partial charge in [-0.15, -0.1) is 0 Å². The summed E-state index contributed by atoms with van der Waals surface area (Å²) in [6.45, 7) is 6.59. The highest BCUT2D eigenvalue weighted by molar-refractivity contribution is 5.71. The van der Waals surface area contributed by atoms with Gasteiger partial charge in [0.2, 0.25) is 0 Å².